The van der Waals surface area contributed by atoms with Crippen molar-refractivity contribution < 1.29 is 9.53 Å². The van der Waals surface area contributed by atoms with Crippen molar-refractivity contribution in [1.82, 2.24) is 0 Å². The Bertz CT molecular complexity index is 850. The summed E-state index contributed by atoms with van der Waals surface area (Å²) in [5.74, 6) is 0.658. The lowest BCUT2D eigenvalue weighted by atomic mass is 10.2. The molecule has 0 bridgehead atoms. The zero-order valence-corrected chi connectivity index (χ0v) is 15.6. The Morgan fingerprint density at radius 3 is 2.22 bits per heavy atom. The number of carbonyl (C=O) groups is 1. The second-order valence-electron chi connectivity index (χ2n) is 6.02. The van der Waals surface area contributed by atoms with E-state index in [1.165, 1.54) is 5.56 Å². The predicted octanol–water partition coefficient (Wildman–Crippen LogP) is 5.01. The Morgan fingerprint density at radius 1 is 0.852 bits per heavy atom. The van der Waals surface area contributed by atoms with Gasteiger partial charge in [0.15, 0.2) is 0 Å². The molecule has 0 aliphatic heterocycles. The van der Waals surface area contributed by atoms with E-state index < -0.39 is 0 Å². The maximum Gasteiger partial charge on any atom is 0.243 e. The van der Waals surface area contributed by atoms with Gasteiger partial charge in [0.25, 0.3) is 0 Å². The van der Waals surface area contributed by atoms with E-state index in [4.69, 9.17) is 16.3 Å². The molecule has 0 heterocycles. The fourth-order valence-corrected chi connectivity index (χ4v) is 2.65. The Balaban J connectivity index is 1.41. The molecule has 0 radical (unpaired) electrons. The summed E-state index contributed by atoms with van der Waals surface area (Å²) >= 11 is 5.84. The molecule has 0 saturated heterocycles. The maximum absolute atomic E-state index is 12.0. The third kappa shape index (κ3) is 6.35. The monoisotopic (exact) mass is 380 g/mol. The molecule has 0 aromatic heterocycles. The molecule has 2 N–H and O–H groups in total. The van der Waals surface area contributed by atoms with E-state index in [1.54, 1.807) is 12.1 Å². The molecule has 3 aromatic rings. The number of amides is 1. The van der Waals surface area contributed by atoms with Gasteiger partial charge in [0.2, 0.25) is 5.91 Å². The quantitative estimate of drug-likeness (QED) is 0.577. The van der Waals surface area contributed by atoms with Gasteiger partial charge in [-0.25, -0.2) is 0 Å². The number of rotatable bonds is 8. The Hall–Kier alpha value is -2.98. The molecule has 0 fully saturated rings. The largest absolute Gasteiger partial charge is 0.493 e. The Labute approximate surface area is 164 Å². The van der Waals surface area contributed by atoms with Crippen LogP contribution in [0.5, 0.6) is 5.75 Å². The Kier molecular flexibility index (Phi) is 6.72. The highest BCUT2D eigenvalue weighted by Crippen LogP contribution is 2.16. The standard InChI is InChI=1S/C22H21ClN2O2/c23-18-6-8-19(9-7-18)24-16-22(26)25-20-10-12-21(13-11-20)27-15-14-17-4-2-1-3-5-17/h1-13,24H,14-16H2,(H,25,26). The van der Waals surface area contributed by atoms with Crippen LogP contribution in [0.25, 0.3) is 0 Å². The average Bonchev–Trinajstić information content (AvgIpc) is 2.70. The van der Waals surface area contributed by atoms with Crippen LogP contribution in [0.4, 0.5) is 11.4 Å². The van der Waals surface area contributed by atoms with Gasteiger partial charge in [-0.05, 0) is 54.1 Å². The second-order valence-corrected chi connectivity index (χ2v) is 6.45. The minimum absolute atomic E-state index is 0.123. The van der Waals surface area contributed by atoms with Crippen LogP contribution in [0.3, 0.4) is 0 Å². The van der Waals surface area contributed by atoms with Crippen LogP contribution in [-0.4, -0.2) is 19.1 Å². The maximum atomic E-state index is 12.0. The zero-order chi connectivity index (χ0) is 18.9. The molecule has 0 aliphatic rings. The van der Waals surface area contributed by atoms with Crippen molar-refractivity contribution in [2.24, 2.45) is 0 Å². The van der Waals surface area contributed by atoms with Gasteiger partial charge in [-0.2, -0.15) is 0 Å². The van der Waals surface area contributed by atoms with Crippen LogP contribution < -0.4 is 15.4 Å². The SMILES string of the molecule is O=C(CNc1ccc(Cl)cc1)Nc1ccc(OCCc2ccccc2)cc1. The van der Waals surface area contributed by atoms with E-state index in [9.17, 15) is 4.79 Å². The molecular weight excluding hydrogens is 360 g/mol. The van der Waals surface area contributed by atoms with Crippen molar-refractivity contribution in [3.63, 3.8) is 0 Å². The molecule has 0 saturated carbocycles. The molecule has 0 aliphatic carbocycles. The van der Waals surface area contributed by atoms with E-state index in [1.807, 2.05) is 54.6 Å². The van der Waals surface area contributed by atoms with Crippen molar-refractivity contribution in [1.29, 1.82) is 0 Å². The first-order valence-electron chi connectivity index (χ1n) is 8.75. The Morgan fingerprint density at radius 2 is 1.52 bits per heavy atom. The normalized spacial score (nSPS) is 10.3. The molecular formula is C22H21ClN2O2. The molecule has 27 heavy (non-hydrogen) atoms. The molecule has 4 nitrogen and oxygen atoms in total. The van der Waals surface area contributed by atoms with E-state index in [-0.39, 0.29) is 12.5 Å². The van der Waals surface area contributed by atoms with E-state index in [0.29, 0.717) is 11.6 Å². The first-order chi connectivity index (χ1) is 13.2. The molecule has 0 atom stereocenters. The van der Waals surface area contributed by atoms with Crippen LogP contribution >= 0.6 is 11.6 Å². The summed E-state index contributed by atoms with van der Waals surface area (Å²) in [5.41, 5.74) is 2.82. The van der Waals surface area contributed by atoms with Gasteiger partial charge in [0.05, 0.1) is 13.2 Å². The van der Waals surface area contributed by atoms with Crippen molar-refractivity contribution in [3.8, 4) is 5.75 Å². The summed E-state index contributed by atoms with van der Waals surface area (Å²) < 4.78 is 5.75. The van der Waals surface area contributed by atoms with E-state index in [2.05, 4.69) is 22.8 Å². The van der Waals surface area contributed by atoms with Crippen molar-refractivity contribution in [2.45, 2.75) is 6.42 Å². The molecule has 1 amide bonds. The van der Waals surface area contributed by atoms with Crippen LogP contribution in [0, 0.1) is 0 Å². The predicted molar refractivity (Wildman–Crippen MR) is 111 cm³/mol. The number of hydrogen-bond donors (Lipinski definition) is 2. The summed E-state index contributed by atoms with van der Waals surface area (Å²) in [5, 5.41) is 6.56. The van der Waals surface area contributed by atoms with Crippen molar-refractivity contribution >= 4 is 28.9 Å². The number of carbonyl (C=O) groups excluding carboxylic acids is 1. The molecule has 0 unspecified atom stereocenters. The van der Waals surface area contributed by atoms with E-state index >= 15 is 0 Å². The molecule has 3 aromatic carbocycles. The minimum atomic E-state index is -0.123. The fraction of sp³-hybridized carbons (Fsp3) is 0.136. The molecule has 0 spiro atoms. The van der Waals surface area contributed by atoms with Gasteiger partial charge >= 0.3 is 0 Å². The first kappa shape index (κ1) is 18.8. The smallest absolute Gasteiger partial charge is 0.243 e. The fourth-order valence-electron chi connectivity index (χ4n) is 2.52. The number of benzene rings is 3. The highest BCUT2D eigenvalue weighted by Gasteiger charge is 2.03. The van der Waals surface area contributed by atoms with Gasteiger partial charge in [0, 0.05) is 22.8 Å². The molecule has 3 rings (SSSR count). The van der Waals surface area contributed by atoms with Crippen molar-refractivity contribution in [3.05, 3.63) is 89.4 Å². The van der Waals surface area contributed by atoms with Crippen LogP contribution in [0.2, 0.25) is 5.02 Å². The lowest BCUT2D eigenvalue weighted by molar-refractivity contribution is -0.114. The summed E-state index contributed by atoms with van der Waals surface area (Å²) in [6.45, 7) is 0.789. The summed E-state index contributed by atoms with van der Waals surface area (Å²) in [6, 6.07) is 24.8. The van der Waals surface area contributed by atoms with Crippen LogP contribution in [0.1, 0.15) is 5.56 Å². The highest BCUT2D eigenvalue weighted by molar-refractivity contribution is 6.30. The van der Waals surface area contributed by atoms with Gasteiger partial charge in [-0.3, -0.25) is 4.79 Å². The zero-order valence-electron chi connectivity index (χ0n) is 14.8. The first-order valence-corrected chi connectivity index (χ1v) is 9.13. The molecule has 5 heteroatoms. The number of halogens is 1. The van der Waals surface area contributed by atoms with Gasteiger partial charge in [-0.1, -0.05) is 41.9 Å². The highest BCUT2D eigenvalue weighted by atomic mass is 35.5. The summed E-state index contributed by atoms with van der Waals surface area (Å²) in [4.78, 5) is 12.0. The average molecular weight is 381 g/mol. The second kappa shape index (κ2) is 9.64. The lowest BCUT2D eigenvalue weighted by Gasteiger charge is -2.10. The van der Waals surface area contributed by atoms with Crippen molar-refractivity contribution in [2.75, 3.05) is 23.8 Å². The topological polar surface area (TPSA) is 50.4 Å². The molecule has 138 valence electrons. The number of nitrogens with one attached hydrogen (secondary N) is 2. The van der Waals surface area contributed by atoms with Crippen LogP contribution in [0.15, 0.2) is 78.9 Å². The van der Waals surface area contributed by atoms with Gasteiger partial charge in [-0.15, -0.1) is 0 Å². The number of anilines is 2. The lowest BCUT2D eigenvalue weighted by Crippen LogP contribution is -2.21. The third-order valence-corrected chi connectivity index (χ3v) is 4.19. The van der Waals surface area contributed by atoms with Gasteiger partial charge in [0.1, 0.15) is 5.75 Å². The third-order valence-electron chi connectivity index (χ3n) is 3.94. The van der Waals surface area contributed by atoms with Gasteiger partial charge < -0.3 is 15.4 Å². The summed E-state index contributed by atoms with van der Waals surface area (Å²) in [6.07, 6.45) is 0.857. The van der Waals surface area contributed by atoms with Crippen LogP contribution in [-0.2, 0) is 11.2 Å². The minimum Gasteiger partial charge on any atom is -0.493 e. The number of ether oxygens (including phenoxy) is 1. The summed E-state index contributed by atoms with van der Waals surface area (Å²) in [7, 11) is 0. The van der Waals surface area contributed by atoms with E-state index in [0.717, 1.165) is 23.5 Å². The number of hydrogen-bond acceptors (Lipinski definition) is 3.